The van der Waals surface area contributed by atoms with Crippen molar-refractivity contribution in [3.05, 3.63) is 118 Å². The predicted octanol–water partition coefficient (Wildman–Crippen LogP) is 5.32. The lowest BCUT2D eigenvalue weighted by molar-refractivity contribution is -0.284. The predicted molar refractivity (Wildman–Crippen MR) is 137 cm³/mol. The molecule has 178 valence electrons. The van der Waals surface area contributed by atoms with Crippen molar-refractivity contribution in [2.24, 2.45) is 0 Å². The summed E-state index contributed by atoms with van der Waals surface area (Å²) in [6, 6.07) is 23.9. The maximum Gasteiger partial charge on any atom is 0.277 e. The van der Waals surface area contributed by atoms with E-state index in [1.807, 2.05) is 60.7 Å². The van der Waals surface area contributed by atoms with E-state index in [2.05, 4.69) is 20.6 Å². The average molecular weight is 506 g/mol. The largest absolute Gasteiger partial charge is 0.858 e. The fraction of sp³-hybridized carbons (Fsp3) is 0.0400. The van der Waals surface area contributed by atoms with Crippen LogP contribution in [0.3, 0.4) is 0 Å². The van der Waals surface area contributed by atoms with Crippen LogP contribution in [0.1, 0.15) is 17.2 Å². The van der Waals surface area contributed by atoms with Crippen LogP contribution in [0.25, 0.3) is 0 Å². The van der Waals surface area contributed by atoms with Crippen LogP contribution in [0.2, 0.25) is 5.02 Å². The molecule has 5 aromatic rings. The molecule has 1 atom stereocenters. The van der Waals surface area contributed by atoms with Gasteiger partial charge in [0.2, 0.25) is 0 Å². The van der Waals surface area contributed by atoms with Crippen LogP contribution in [0.5, 0.6) is 5.88 Å². The minimum atomic E-state index is -0.509. The van der Waals surface area contributed by atoms with Crippen molar-refractivity contribution in [2.75, 3.05) is 5.32 Å². The van der Waals surface area contributed by atoms with Crippen LogP contribution in [0.15, 0.2) is 106 Å². The summed E-state index contributed by atoms with van der Waals surface area (Å²) in [4.78, 5) is 13.5. The third-order valence-electron chi connectivity index (χ3n) is 5.28. The standard InChI is InChI=1S/C25H20ClN5O2S.H3N/c26-20-8-4-5-9-21(20)34-23-24(32)30-31(25(23)33)22(16-6-2-1-3-7-16)17-10-12-18(13-11-17)29-19-14-27-28-15-19;/h1-15,22,29,33H,(H,27,28)(H,30,32);1H3/p-1. The van der Waals surface area contributed by atoms with E-state index in [4.69, 9.17) is 11.6 Å². The second kappa shape index (κ2) is 10.6. The molecule has 0 aliphatic rings. The quantitative estimate of drug-likeness (QED) is 0.236. The Balaban J connectivity index is 0.00000289. The smallest absolute Gasteiger partial charge is 0.277 e. The van der Waals surface area contributed by atoms with Gasteiger partial charge >= 0.3 is 0 Å². The molecule has 0 amide bonds. The summed E-state index contributed by atoms with van der Waals surface area (Å²) < 4.78 is 1.38. The second-order valence-electron chi connectivity index (χ2n) is 7.52. The highest BCUT2D eigenvalue weighted by atomic mass is 35.5. The molecule has 0 radical (unpaired) electrons. The first kappa shape index (κ1) is 24.2. The maximum atomic E-state index is 13.4. The number of anilines is 2. The van der Waals surface area contributed by atoms with Gasteiger partial charge in [0.05, 0.1) is 27.8 Å². The van der Waals surface area contributed by atoms with Crippen molar-refractivity contribution < 1.29 is 5.11 Å². The van der Waals surface area contributed by atoms with Crippen molar-refractivity contribution >= 4 is 34.7 Å². The summed E-state index contributed by atoms with van der Waals surface area (Å²) in [5.41, 5.74) is 2.98. The number of aromatic nitrogens is 4. The van der Waals surface area contributed by atoms with Gasteiger partial charge in [-0.25, -0.2) is 0 Å². The minimum absolute atomic E-state index is 0. The summed E-state index contributed by atoms with van der Waals surface area (Å²) in [7, 11) is 0. The van der Waals surface area contributed by atoms with Gasteiger partial charge in [0, 0.05) is 22.7 Å². The number of benzene rings is 3. The number of rotatable bonds is 7. The molecule has 0 saturated carbocycles. The fourth-order valence-electron chi connectivity index (χ4n) is 3.69. The van der Waals surface area contributed by atoms with Gasteiger partial charge in [0.1, 0.15) is 0 Å². The van der Waals surface area contributed by atoms with Crippen molar-refractivity contribution in [1.82, 2.24) is 26.1 Å². The molecule has 10 heteroatoms. The van der Waals surface area contributed by atoms with E-state index in [0.717, 1.165) is 34.3 Å². The van der Waals surface area contributed by atoms with E-state index in [0.29, 0.717) is 9.92 Å². The highest BCUT2D eigenvalue weighted by molar-refractivity contribution is 7.99. The van der Waals surface area contributed by atoms with Crippen molar-refractivity contribution in [1.29, 1.82) is 0 Å². The molecule has 8 nitrogen and oxygen atoms in total. The second-order valence-corrected chi connectivity index (χ2v) is 8.98. The molecule has 2 heterocycles. The fourth-order valence-corrected chi connectivity index (χ4v) is 4.79. The number of hydrogen-bond acceptors (Lipinski definition) is 6. The number of halogens is 1. The summed E-state index contributed by atoms with van der Waals surface area (Å²) in [6.07, 6.45) is 3.44. The van der Waals surface area contributed by atoms with E-state index in [1.165, 1.54) is 4.68 Å². The summed E-state index contributed by atoms with van der Waals surface area (Å²) in [5, 5.41) is 26.6. The first-order valence-electron chi connectivity index (χ1n) is 10.4. The van der Waals surface area contributed by atoms with E-state index in [1.54, 1.807) is 30.6 Å². The van der Waals surface area contributed by atoms with Gasteiger partial charge in [-0.1, -0.05) is 78.0 Å². The molecule has 0 spiro atoms. The van der Waals surface area contributed by atoms with Gasteiger partial charge in [-0.2, -0.15) is 5.10 Å². The Hall–Kier alpha value is -3.92. The third kappa shape index (κ3) is 5.12. The van der Waals surface area contributed by atoms with Gasteiger partial charge in [-0.15, -0.1) is 0 Å². The topological polar surface area (TPSA) is 137 Å². The Morgan fingerprint density at radius 3 is 2.31 bits per heavy atom. The highest BCUT2D eigenvalue weighted by Crippen LogP contribution is 2.37. The van der Waals surface area contributed by atoms with E-state index >= 15 is 0 Å². The summed E-state index contributed by atoms with van der Waals surface area (Å²) in [5.74, 6) is -0.399. The minimum Gasteiger partial charge on any atom is -0.858 e. The zero-order valence-corrected chi connectivity index (χ0v) is 20.0. The molecule has 0 aliphatic carbocycles. The zero-order valence-electron chi connectivity index (χ0n) is 18.4. The molecule has 5 rings (SSSR count). The molecular weight excluding hydrogens is 484 g/mol. The van der Waals surface area contributed by atoms with E-state index in [-0.39, 0.29) is 11.0 Å². The third-order valence-corrected chi connectivity index (χ3v) is 6.86. The molecule has 0 saturated heterocycles. The molecule has 1 unspecified atom stereocenters. The molecule has 0 bridgehead atoms. The van der Waals surface area contributed by atoms with Crippen LogP contribution >= 0.6 is 23.4 Å². The van der Waals surface area contributed by atoms with Crippen LogP contribution in [0, 0.1) is 0 Å². The summed E-state index contributed by atoms with van der Waals surface area (Å²) in [6.45, 7) is 0. The lowest BCUT2D eigenvalue weighted by Crippen LogP contribution is -2.18. The van der Waals surface area contributed by atoms with E-state index < -0.39 is 17.5 Å². The molecule has 3 aromatic carbocycles. The number of nitrogens with one attached hydrogen (secondary N) is 3. The maximum absolute atomic E-state index is 13.4. The molecule has 0 aliphatic heterocycles. The van der Waals surface area contributed by atoms with Crippen LogP contribution in [-0.4, -0.2) is 20.0 Å². The number of nitrogens with zero attached hydrogens (tertiary/aromatic N) is 2. The van der Waals surface area contributed by atoms with Crippen molar-refractivity contribution in [3.8, 4) is 5.88 Å². The van der Waals surface area contributed by atoms with E-state index in [9.17, 15) is 9.90 Å². The van der Waals surface area contributed by atoms with Crippen molar-refractivity contribution in [2.45, 2.75) is 15.8 Å². The first-order valence-corrected chi connectivity index (χ1v) is 11.6. The van der Waals surface area contributed by atoms with Gasteiger partial charge in [-0.05, 0) is 35.4 Å². The Morgan fingerprint density at radius 1 is 0.943 bits per heavy atom. The van der Waals surface area contributed by atoms with Gasteiger partial charge < -0.3 is 16.6 Å². The average Bonchev–Trinajstić information content (AvgIpc) is 3.46. The summed E-state index contributed by atoms with van der Waals surface area (Å²) >= 11 is 7.32. The van der Waals surface area contributed by atoms with Crippen molar-refractivity contribution in [3.63, 3.8) is 0 Å². The Bertz CT molecular complexity index is 1450. The molecule has 0 fully saturated rings. The lowest BCUT2D eigenvalue weighted by atomic mass is 9.98. The van der Waals surface area contributed by atoms with Crippen LogP contribution < -0.4 is 22.1 Å². The number of H-pyrrole nitrogens is 2. The van der Waals surface area contributed by atoms with Crippen LogP contribution in [-0.2, 0) is 0 Å². The highest BCUT2D eigenvalue weighted by Gasteiger charge is 2.21. The zero-order chi connectivity index (χ0) is 23.5. The first-order chi connectivity index (χ1) is 16.6. The molecule has 6 N–H and O–H groups in total. The number of aromatic amines is 2. The Morgan fingerprint density at radius 2 is 1.63 bits per heavy atom. The SMILES string of the molecule is N.O=c1[nH]n(C(c2ccccc2)c2ccc(Nc3cn[nH]c3)cc2)c([O-])c1Sc1ccccc1Cl. The number of hydrogen-bond donors (Lipinski definition) is 4. The Kier molecular flexibility index (Phi) is 7.31. The monoisotopic (exact) mass is 505 g/mol. The molecule has 35 heavy (non-hydrogen) atoms. The Labute approximate surface area is 210 Å². The normalized spacial score (nSPS) is 11.6. The lowest BCUT2D eigenvalue weighted by Gasteiger charge is -2.24. The van der Waals surface area contributed by atoms with Gasteiger partial charge in [0.15, 0.2) is 0 Å². The molecular formula is C25H22ClN6O2S-. The van der Waals surface area contributed by atoms with Gasteiger partial charge in [-0.3, -0.25) is 19.7 Å². The van der Waals surface area contributed by atoms with Crippen LogP contribution in [0.4, 0.5) is 11.4 Å². The molecule has 2 aromatic heterocycles. The van der Waals surface area contributed by atoms with Gasteiger partial charge in [0.25, 0.3) is 5.56 Å².